The van der Waals surface area contributed by atoms with Crippen LogP contribution in [0.2, 0.25) is 0 Å². The van der Waals surface area contributed by atoms with Crippen molar-refractivity contribution >= 4 is 17.7 Å². The van der Waals surface area contributed by atoms with Crippen LogP contribution in [0.5, 0.6) is 0 Å². The van der Waals surface area contributed by atoms with Crippen LogP contribution < -0.4 is 10.9 Å². The van der Waals surface area contributed by atoms with Gasteiger partial charge >= 0.3 is 5.97 Å². The first kappa shape index (κ1) is 12.5. The maximum atomic E-state index is 11.8. The minimum absolute atomic E-state index is 0.0158. The Balaban J connectivity index is 2.20. The fraction of sp³-hybridized carbons (Fsp3) is 0. The van der Waals surface area contributed by atoms with Gasteiger partial charge in [-0.3, -0.25) is 9.59 Å². The highest BCUT2D eigenvalue weighted by Crippen LogP contribution is 2.08. The summed E-state index contributed by atoms with van der Waals surface area (Å²) < 4.78 is 0. The van der Waals surface area contributed by atoms with Crippen LogP contribution >= 0.6 is 0 Å². The number of hydrogen-bond donors (Lipinski definition) is 3. The molecular formula is C12H9N3O4. The fourth-order valence-corrected chi connectivity index (χ4v) is 1.40. The molecule has 3 N–H and O–H groups in total. The summed E-state index contributed by atoms with van der Waals surface area (Å²) in [6.07, 6.45) is 0. The fourth-order valence-electron chi connectivity index (χ4n) is 1.40. The predicted molar refractivity (Wildman–Crippen MR) is 66.2 cm³/mol. The lowest BCUT2D eigenvalue weighted by atomic mass is 10.1. The number of hydrogen-bond acceptors (Lipinski definition) is 4. The van der Waals surface area contributed by atoms with E-state index in [1.807, 2.05) is 0 Å². The molecule has 1 aromatic carbocycles. The van der Waals surface area contributed by atoms with Crippen LogP contribution in [0.3, 0.4) is 0 Å². The molecule has 2 aromatic rings. The van der Waals surface area contributed by atoms with Crippen molar-refractivity contribution in [2.75, 3.05) is 5.32 Å². The molecular weight excluding hydrogens is 250 g/mol. The topological polar surface area (TPSA) is 112 Å². The number of rotatable bonds is 3. The number of aromatic amines is 1. The Hall–Kier alpha value is -2.96. The van der Waals surface area contributed by atoms with Crippen molar-refractivity contribution in [3.8, 4) is 0 Å². The molecule has 2 rings (SSSR count). The maximum Gasteiger partial charge on any atom is 0.335 e. The molecule has 0 aliphatic heterocycles. The number of nitrogens with zero attached hydrogens (tertiary/aromatic N) is 1. The molecule has 0 saturated heterocycles. The largest absolute Gasteiger partial charge is 0.478 e. The number of H-pyrrole nitrogens is 1. The van der Waals surface area contributed by atoms with Gasteiger partial charge in [0, 0.05) is 11.6 Å². The molecule has 7 heteroatoms. The molecule has 19 heavy (non-hydrogen) atoms. The number of amides is 1. The van der Waals surface area contributed by atoms with E-state index in [4.69, 9.17) is 5.11 Å². The molecule has 0 atom stereocenters. The summed E-state index contributed by atoms with van der Waals surface area (Å²) in [7, 11) is 0. The van der Waals surface area contributed by atoms with Gasteiger partial charge in [0.05, 0.1) is 5.56 Å². The van der Waals surface area contributed by atoms with Gasteiger partial charge < -0.3 is 10.4 Å². The van der Waals surface area contributed by atoms with Crippen LogP contribution in [0.4, 0.5) is 5.82 Å². The van der Waals surface area contributed by atoms with E-state index in [2.05, 4.69) is 15.5 Å². The smallest absolute Gasteiger partial charge is 0.335 e. The Morgan fingerprint density at radius 3 is 2.53 bits per heavy atom. The van der Waals surface area contributed by atoms with Gasteiger partial charge in [-0.25, -0.2) is 9.89 Å². The zero-order chi connectivity index (χ0) is 13.8. The molecule has 0 saturated carbocycles. The first-order valence-corrected chi connectivity index (χ1v) is 5.27. The van der Waals surface area contributed by atoms with E-state index in [1.54, 1.807) is 0 Å². The number of carbonyl (C=O) groups is 2. The van der Waals surface area contributed by atoms with Crippen LogP contribution in [0, 0.1) is 0 Å². The molecule has 1 heterocycles. The Morgan fingerprint density at radius 1 is 1.16 bits per heavy atom. The first-order valence-electron chi connectivity index (χ1n) is 5.27. The Bertz CT molecular complexity index is 673. The summed E-state index contributed by atoms with van der Waals surface area (Å²) in [5.41, 5.74) is -0.180. The second-order valence-electron chi connectivity index (χ2n) is 3.65. The van der Waals surface area contributed by atoms with Gasteiger partial charge in [-0.2, -0.15) is 5.10 Å². The summed E-state index contributed by atoms with van der Waals surface area (Å²) >= 11 is 0. The summed E-state index contributed by atoms with van der Waals surface area (Å²) in [5, 5.41) is 17.1. The summed E-state index contributed by atoms with van der Waals surface area (Å²) in [6.45, 7) is 0. The second-order valence-corrected chi connectivity index (χ2v) is 3.65. The van der Waals surface area contributed by atoms with E-state index < -0.39 is 11.9 Å². The zero-order valence-electron chi connectivity index (χ0n) is 9.58. The van der Waals surface area contributed by atoms with Crippen LogP contribution in [-0.4, -0.2) is 27.2 Å². The molecule has 0 radical (unpaired) electrons. The normalized spacial score (nSPS) is 9.89. The van der Waals surface area contributed by atoms with Gasteiger partial charge in [0.15, 0.2) is 5.82 Å². The van der Waals surface area contributed by atoms with Crippen molar-refractivity contribution < 1.29 is 14.7 Å². The number of benzene rings is 1. The number of nitrogens with one attached hydrogen (secondary N) is 2. The number of aromatic nitrogens is 2. The second kappa shape index (κ2) is 5.13. The van der Waals surface area contributed by atoms with Crippen LogP contribution in [-0.2, 0) is 0 Å². The van der Waals surface area contributed by atoms with Gasteiger partial charge in [0.25, 0.3) is 11.5 Å². The van der Waals surface area contributed by atoms with Crippen molar-refractivity contribution in [1.82, 2.24) is 10.2 Å². The van der Waals surface area contributed by atoms with Crippen LogP contribution in [0.25, 0.3) is 0 Å². The number of carboxylic acids is 1. The van der Waals surface area contributed by atoms with E-state index in [-0.39, 0.29) is 22.5 Å². The third-order valence-electron chi connectivity index (χ3n) is 2.29. The summed E-state index contributed by atoms with van der Waals surface area (Å²) in [5.74, 6) is -1.45. The number of anilines is 1. The standard InChI is InChI=1S/C12H9N3O4/c16-10-5-4-9(14-15-10)13-11(17)7-2-1-3-8(6-7)12(18)19/h1-6H,(H,15,16)(H,18,19)(H,13,14,17). The highest BCUT2D eigenvalue weighted by Gasteiger charge is 2.10. The molecule has 1 amide bonds. The Morgan fingerprint density at radius 2 is 1.89 bits per heavy atom. The predicted octanol–water partition coefficient (Wildman–Crippen LogP) is 0.720. The number of carboxylic acid groups (broad SMARTS) is 1. The molecule has 1 aromatic heterocycles. The third-order valence-corrected chi connectivity index (χ3v) is 2.29. The monoisotopic (exact) mass is 259 g/mol. The van der Waals surface area contributed by atoms with Gasteiger partial charge in [-0.15, -0.1) is 0 Å². The lowest BCUT2D eigenvalue weighted by Crippen LogP contribution is -2.16. The van der Waals surface area contributed by atoms with Crippen LogP contribution in [0.1, 0.15) is 20.7 Å². The molecule has 0 fully saturated rings. The Kier molecular flexibility index (Phi) is 3.37. The molecule has 7 nitrogen and oxygen atoms in total. The van der Waals surface area contributed by atoms with Crippen molar-refractivity contribution in [2.45, 2.75) is 0 Å². The van der Waals surface area contributed by atoms with Crippen molar-refractivity contribution in [1.29, 1.82) is 0 Å². The minimum atomic E-state index is -1.11. The first-order chi connectivity index (χ1) is 9.06. The SMILES string of the molecule is O=C(O)c1cccc(C(=O)Nc2ccc(=O)[nH]n2)c1. The maximum absolute atomic E-state index is 11.8. The van der Waals surface area contributed by atoms with E-state index in [0.717, 1.165) is 0 Å². The van der Waals surface area contributed by atoms with E-state index in [9.17, 15) is 14.4 Å². The average molecular weight is 259 g/mol. The van der Waals surface area contributed by atoms with Gasteiger partial charge in [0.1, 0.15) is 0 Å². The zero-order valence-corrected chi connectivity index (χ0v) is 9.58. The summed E-state index contributed by atoms with van der Waals surface area (Å²) in [6, 6.07) is 8.15. The number of aromatic carboxylic acids is 1. The lowest BCUT2D eigenvalue weighted by molar-refractivity contribution is 0.0697. The quantitative estimate of drug-likeness (QED) is 0.751. The molecule has 0 spiro atoms. The van der Waals surface area contributed by atoms with E-state index >= 15 is 0 Å². The molecule has 96 valence electrons. The van der Waals surface area contributed by atoms with Crippen LogP contribution in [0.15, 0.2) is 41.2 Å². The van der Waals surface area contributed by atoms with E-state index in [0.29, 0.717) is 0 Å². The van der Waals surface area contributed by atoms with Gasteiger partial charge in [-0.1, -0.05) is 6.07 Å². The van der Waals surface area contributed by atoms with Crippen molar-refractivity contribution in [3.63, 3.8) is 0 Å². The third kappa shape index (κ3) is 3.03. The van der Waals surface area contributed by atoms with Gasteiger partial charge in [-0.05, 0) is 24.3 Å². The summed E-state index contributed by atoms with van der Waals surface area (Å²) in [4.78, 5) is 33.4. The molecule has 0 aliphatic rings. The minimum Gasteiger partial charge on any atom is -0.478 e. The lowest BCUT2D eigenvalue weighted by Gasteiger charge is -2.04. The van der Waals surface area contributed by atoms with Gasteiger partial charge in [0.2, 0.25) is 0 Å². The van der Waals surface area contributed by atoms with Crippen molar-refractivity contribution in [2.24, 2.45) is 0 Å². The van der Waals surface area contributed by atoms with Crippen molar-refractivity contribution in [3.05, 3.63) is 57.9 Å². The highest BCUT2D eigenvalue weighted by molar-refractivity contribution is 6.05. The van der Waals surface area contributed by atoms with E-state index in [1.165, 1.54) is 36.4 Å². The molecule has 0 unspecified atom stereocenters. The highest BCUT2D eigenvalue weighted by atomic mass is 16.4. The molecule has 0 aliphatic carbocycles. The Labute approximate surface area is 106 Å². The average Bonchev–Trinajstić information content (AvgIpc) is 2.41. The number of carbonyl (C=O) groups excluding carboxylic acids is 1. The molecule has 0 bridgehead atoms.